The summed E-state index contributed by atoms with van der Waals surface area (Å²) in [7, 11) is 0. The first-order valence-corrected chi connectivity index (χ1v) is 7.92. The zero-order chi connectivity index (χ0) is 13.8. The molecule has 2 heterocycles. The molecule has 1 atom stereocenters. The van der Waals surface area contributed by atoms with Gasteiger partial charge in [0.1, 0.15) is 15.8 Å². The molecule has 1 unspecified atom stereocenters. The minimum Gasteiger partial charge on any atom is -0.493 e. The van der Waals surface area contributed by atoms with Gasteiger partial charge in [-0.2, -0.15) is 0 Å². The maximum atomic E-state index is 5.82. The zero-order valence-corrected chi connectivity index (χ0v) is 12.4. The first kappa shape index (κ1) is 13.5. The number of nitrogens with one attached hydrogen (secondary N) is 1. The van der Waals surface area contributed by atoms with E-state index in [0.29, 0.717) is 12.5 Å². The van der Waals surface area contributed by atoms with Gasteiger partial charge in [0, 0.05) is 6.54 Å². The second-order valence-corrected chi connectivity index (χ2v) is 6.12. The van der Waals surface area contributed by atoms with Crippen LogP contribution in [-0.2, 0) is 13.0 Å². The Balaban J connectivity index is 1.66. The minimum atomic E-state index is 0.335. The normalized spacial score (nSPS) is 17.6. The van der Waals surface area contributed by atoms with Crippen LogP contribution in [0.5, 0.6) is 5.75 Å². The molecule has 1 N–H and O–H groups in total. The van der Waals surface area contributed by atoms with Gasteiger partial charge in [0.2, 0.25) is 0 Å². The first-order valence-electron chi connectivity index (χ1n) is 7.10. The molecule has 1 aromatic carbocycles. The Kier molecular flexibility index (Phi) is 4.28. The Bertz CT molecular complexity index is 570. The van der Waals surface area contributed by atoms with Gasteiger partial charge < -0.3 is 10.1 Å². The van der Waals surface area contributed by atoms with Gasteiger partial charge in [-0.25, -0.2) is 0 Å². The van der Waals surface area contributed by atoms with Gasteiger partial charge in [0.15, 0.2) is 0 Å². The standard InChI is InChI=1S/C15H19N3OS/c1-2-7-16-9-14-17-18-15(20-14)12-8-11-5-3-4-6-13(11)19-10-12/h3-6,12,16H,2,7-10H2,1H3. The average molecular weight is 289 g/mol. The van der Waals surface area contributed by atoms with E-state index in [1.807, 2.05) is 12.1 Å². The van der Waals surface area contributed by atoms with E-state index in [2.05, 4.69) is 34.6 Å². The summed E-state index contributed by atoms with van der Waals surface area (Å²) in [6, 6.07) is 8.24. The number of fused-ring (bicyclic) bond motifs is 1. The molecule has 1 aliphatic heterocycles. The van der Waals surface area contributed by atoms with Crippen LogP contribution in [-0.4, -0.2) is 23.3 Å². The van der Waals surface area contributed by atoms with Crippen molar-refractivity contribution in [3.05, 3.63) is 39.8 Å². The van der Waals surface area contributed by atoms with Crippen LogP contribution < -0.4 is 10.1 Å². The number of hydrogen-bond donors (Lipinski definition) is 1. The lowest BCUT2D eigenvalue weighted by Gasteiger charge is -2.23. The highest BCUT2D eigenvalue weighted by Crippen LogP contribution is 2.33. The summed E-state index contributed by atoms with van der Waals surface area (Å²) < 4.78 is 5.82. The quantitative estimate of drug-likeness (QED) is 0.860. The lowest BCUT2D eigenvalue weighted by molar-refractivity contribution is 0.262. The number of ether oxygens (including phenoxy) is 1. The SMILES string of the molecule is CCCNCc1nnc(C2COc3ccccc3C2)s1. The van der Waals surface area contributed by atoms with E-state index in [1.54, 1.807) is 11.3 Å². The summed E-state index contributed by atoms with van der Waals surface area (Å²) in [5.74, 6) is 1.35. The van der Waals surface area contributed by atoms with E-state index in [9.17, 15) is 0 Å². The van der Waals surface area contributed by atoms with E-state index in [4.69, 9.17) is 4.74 Å². The Labute approximate surface area is 123 Å². The molecule has 0 aliphatic carbocycles. The highest BCUT2D eigenvalue weighted by molar-refractivity contribution is 7.11. The molecule has 4 nitrogen and oxygen atoms in total. The van der Waals surface area contributed by atoms with Gasteiger partial charge in [0.25, 0.3) is 0 Å². The topological polar surface area (TPSA) is 47.0 Å². The van der Waals surface area contributed by atoms with Gasteiger partial charge in [-0.15, -0.1) is 10.2 Å². The largest absolute Gasteiger partial charge is 0.493 e. The van der Waals surface area contributed by atoms with Crippen molar-refractivity contribution < 1.29 is 4.74 Å². The van der Waals surface area contributed by atoms with Crippen LogP contribution >= 0.6 is 11.3 Å². The number of hydrogen-bond acceptors (Lipinski definition) is 5. The molecule has 0 saturated heterocycles. The van der Waals surface area contributed by atoms with Crippen LogP contribution in [0.25, 0.3) is 0 Å². The summed E-state index contributed by atoms with van der Waals surface area (Å²) in [5.41, 5.74) is 1.27. The molecule has 1 aliphatic rings. The van der Waals surface area contributed by atoms with E-state index in [1.165, 1.54) is 5.56 Å². The fraction of sp³-hybridized carbons (Fsp3) is 0.467. The maximum Gasteiger partial charge on any atom is 0.131 e. The van der Waals surface area contributed by atoms with E-state index in [0.717, 1.165) is 41.7 Å². The predicted molar refractivity (Wildman–Crippen MR) is 80.3 cm³/mol. The van der Waals surface area contributed by atoms with Crippen molar-refractivity contribution in [1.82, 2.24) is 15.5 Å². The molecular weight excluding hydrogens is 270 g/mol. The van der Waals surface area contributed by atoms with Gasteiger partial charge in [-0.1, -0.05) is 36.5 Å². The number of rotatable bonds is 5. The third kappa shape index (κ3) is 2.99. The molecule has 0 amide bonds. The van der Waals surface area contributed by atoms with Crippen molar-refractivity contribution in [1.29, 1.82) is 0 Å². The Morgan fingerprint density at radius 3 is 3.15 bits per heavy atom. The molecule has 2 aromatic rings. The smallest absolute Gasteiger partial charge is 0.131 e. The molecule has 106 valence electrons. The van der Waals surface area contributed by atoms with Gasteiger partial charge in [-0.05, 0) is 31.0 Å². The third-order valence-corrected chi connectivity index (χ3v) is 4.50. The van der Waals surface area contributed by atoms with Crippen LogP contribution in [0.2, 0.25) is 0 Å². The van der Waals surface area contributed by atoms with Gasteiger partial charge in [-0.3, -0.25) is 0 Å². The lowest BCUT2D eigenvalue weighted by Crippen LogP contribution is -2.18. The fourth-order valence-corrected chi connectivity index (χ4v) is 3.26. The summed E-state index contributed by atoms with van der Waals surface area (Å²) in [6.45, 7) is 4.70. The van der Waals surface area contributed by atoms with Crippen LogP contribution in [0, 0.1) is 0 Å². The first-order chi connectivity index (χ1) is 9.86. The molecule has 0 fully saturated rings. The molecule has 1 aromatic heterocycles. The summed E-state index contributed by atoms with van der Waals surface area (Å²) in [4.78, 5) is 0. The molecule has 0 spiro atoms. The van der Waals surface area contributed by atoms with Crippen molar-refractivity contribution in [3.63, 3.8) is 0 Å². The Morgan fingerprint density at radius 2 is 2.25 bits per heavy atom. The Morgan fingerprint density at radius 1 is 1.35 bits per heavy atom. The summed E-state index contributed by atoms with van der Waals surface area (Å²) in [6.07, 6.45) is 2.13. The average Bonchev–Trinajstić information content (AvgIpc) is 2.96. The monoisotopic (exact) mass is 289 g/mol. The van der Waals surface area contributed by atoms with Crippen LogP contribution in [0.4, 0.5) is 0 Å². The summed E-state index contributed by atoms with van der Waals surface area (Å²) >= 11 is 1.70. The zero-order valence-electron chi connectivity index (χ0n) is 11.6. The number of para-hydroxylation sites is 1. The molecular formula is C15H19N3OS. The van der Waals surface area contributed by atoms with Crippen molar-refractivity contribution >= 4 is 11.3 Å². The van der Waals surface area contributed by atoms with Crippen molar-refractivity contribution in [2.24, 2.45) is 0 Å². The third-order valence-electron chi connectivity index (χ3n) is 3.41. The fourth-order valence-electron chi connectivity index (χ4n) is 2.36. The highest BCUT2D eigenvalue weighted by Gasteiger charge is 2.24. The number of nitrogens with zero attached hydrogens (tertiary/aromatic N) is 2. The molecule has 0 bridgehead atoms. The van der Waals surface area contributed by atoms with E-state index >= 15 is 0 Å². The molecule has 20 heavy (non-hydrogen) atoms. The van der Waals surface area contributed by atoms with E-state index in [-0.39, 0.29) is 0 Å². The highest BCUT2D eigenvalue weighted by atomic mass is 32.1. The van der Waals surface area contributed by atoms with Crippen molar-refractivity contribution in [2.45, 2.75) is 32.2 Å². The van der Waals surface area contributed by atoms with Crippen molar-refractivity contribution in [2.75, 3.05) is 13.2 Å². The molecule has 0 saturated carbocycles. The van der Waals surface area contributed by atoms with Crippen molar-refractivity contribution in [3.8, 4) is 5.75 Å². The molecule has 5 heteroatoms. The molecule has 3 rings (SSSR count). The Hall–Kier alpha value is -1.46. The van der Waals surface area contributed by atoms with Gasteiger partial charge >= 0.3 is 0 Å². The second-order valence-electron chi connectivity index (χ2n) is 5.03. The van der Waals surface area contributed by atoms with Crippen LogP contribution in [0.15, 0.2) is 24.3 Å². The second kappa shape index (κ2) is 6.33. The lowest BCUT2D eigenvalue weighted by atomic mass is 9.97. The van der Waals surface area contributed by atoms with Crippen LogP contribution in [0.1, 0.15) is 34.8 Å². The summed E-state index contributed by atoms with van der Waals surface area (Å²) in [5, 5.41) is 14.1. The maximum absolute atomic E-state index is 5.82. The predicted octanol–water partition coefficient (Wildman–Crippen LogP) is 2.76. The van der Waals surface area contributed by atoms with Gasteiger partial charge in [0.05, 0.1) is 12.5 Å². The molecule has 0 radical (unpaired) electrons. The van der Waals surface area contributed by atoms with E-state index < -0.39 is 0 Å². The number of benzene rings is 1. The minimum absolute atomic E-state index is 0.335. The van der Waals surface area contributed by atoms with Crippen LogP contribution in [0.3, 0.4) is 0 Å². The number of aromatic nitrogens is 2.